The first-order chi connectivity index (χ1) is 15.9. The molecule has 0 fully saturated rings. The molecule has 0 aliphatic rings. The van der Waals surface area contributed by atoms with E-state index < -0.39 is 9.84 Å². The molecule has 0 atom stereocenters. The second-order valence-electron chi connectivity index (χ2n) is 7.07. The molecule has 166 valence electrons. The maximum atomic E-state index is 13.4. The van der Waals surface area contributed by atoms with Crippen LogP contribution in [0.25, 0.3) is 0 Å². The molecule has 0 saturated heterocycles. The molecular weight excluding hydrogens is 568 g/mol. The third-order valence-corrected chi connectivity index (χ3v) is 7.61. The number of halogens is 2. The van der Waals surface area contributed by atoms with Gasteiger partial charge in [0.1, 0.15) is 18.1 Å². The zero-order chi connectivity index (χ0) is 23.3. The Morgan fingerprint density at radius 1 is 0.697 bits per heavy atom. The van der Waals surface area contributed by atoms with E-state index in [0.717, 1.165) is 20.1 Å². The normalized spacial score (nSPS) is 11.2. The van der Waals surface area contributed by atoms with Crippen LogP contribution in [-0.2, 0) is 23.1 Å². The predicted octanol–water partition coefficient (Wildman–Crippen LogP) is 6.80. The first-order valence-corrected chi connectivity index (χ1v) is 13.0. The Morgan fingerprint density at radius 3 is 1.82 bits per heavy atom. The molecule has 0 amide bonds. The van der Waals surface area contributed by atoms with Crippen LogP contribution in [0, 0.1) is 12.1 Å². The van der Waals surface area contributed by atoms with Gasteiger partial charge in [0.25, 0.3) is 0 Å². The van der Waals surface area contributed by atoms with Gasteiger partial charge in [0.05, 0.1) is 4.90 Å². The largest absolute Gasteiger partial charge is 0.484 e. The van der Waals surface area contributed by atoms with Crippen molar-refractivity contribution in [1.29, 1.82) is 0 Å². The molecule has 0 aliphatic carbocycles. The van der Waals surface area contributed by atoms with Crippen LogP contribution in [0.2, 0.25) is 0 Å². The third-order valence-electron chi connectivity index (χ3n) is 4.76. The van der Waals surface area contributed by atoms with Gasteiger partial charge in [-0.05, 0) is 65.7 Å². The Morgan fingerprint density at radius 2 is 1.24 bits per heavy atom. The molecule has 33 heavy (non-hydrogen) atoms. The quantitative estimate of drug-likeness (QED) is 0.228. The molecule has 4 aromatic carbocycles. The Labute approximate surface area is 210 Å². The van der Waals surface area contributed by atoms with Gasteiger partial charge >= 0.3 is 0 Å². The van der Waals surface area contributed by atoms with Crippen LogP contribution in [0.3, 0.4) is 0 Å². The van der Waals surface area contributed by atoms with Crippen LogP contribution < -0.4 is 9.47 Å². The van der Waals surface area contributed by atoms with Crippen LogP contribution in [0.1, 0.15) is 11.1 Å². The van der Waals surface area contributed by atoms with Gasteiger partial charge < -0.3 is 9.47 Å². The number of rotatable bonds is 8. The van der Waals surface area contributed by atoms with Crippen LogP contribution in [-0.4, -0.2) is 8.42 Å². The lowest BCUT2D eigenvalue weighted by atomic mass is 10.2. The minimum atomic E-state index is -3.85. The van der Waals surface area contributed by atoms with Crippen molar-refractivity contribution in [3.05, 3.63) is 117 Å². The fourth-order valence-corrected chi connectivity index (χ4v) is 4.97. The molecule has 0 bridgehead atoms. The van der Waals surface area contributed by atoms with Crippen molar-refractivity contribution in [2.24, 2.45) is 0 Å². The zero-order valence-electron chi connectivity index (χ0n) is 17.3. The van der Waals surface area contributed by atoms with E-state index in [-0.39, 0.29) is 34.5 Å². The molecule has 4 aromatic rings. The lowest BCUT2D eigenvalue weighted by Crippen LogP contribution is -2.08. The second-order valence-corrected chi connectivity index (χ2v) is 10.8. The van der Waals surface area contributed by atoms with E-state index in [2.05, 4.69) is 44.0 Å². The van der Waals surface area contributed by atoms with E-state index >= 15 is 0 Å². The highest BCUT2D eigenvalue weighted by molar-refractivity contribution is 9.10. The van der Waals surface area contributed by atoms with E-state index in [0.29, 0.717) is 0 Å². The van der Waals surface area contributed by atoms with Crippen LogP contribution >= 0.6 is 31.9 Å². The summed E-state index contributed by atoms with van der Waals surface area (Å²) in [6.07, 6.45) is 0. The van der Waals surface area contributed by atoms with Gasteiger partial charge in [0.2, 0.25) is 9.84 Å². The molecule has 4 nitrogen and oxygen atoms in total. The van der Waals surface area contributed by atoms with Crippen molar-refractivity contribution in [1.82, 2.24) is 0 Å². The summed E-state index contributed by atoms with van der Waals surface area (Å²) < 4.78 is 40.7. The molecule has 0 heterocycles. The summed E-state index contributed by atoms with van der Waals surface area (Å²) in [5.74, 6) is 0.365. The van der Waals surface area contributed by atoms with E-state index in [1.807, 2.05) is 48.5 Å². The minimum Gasteiger partial charge on any atom is -0.484 e. The molecule has 7 heteroatoms. The average molecular weight is 586 g/mol. The summed E-state index contributed by atoms with van der Waals surface area (Å²) in [6.45, 7) is 0.410. The van der Waals surface area contributed by atoms with E-state index in [1.54, 1.807) is 12.1 Å². The monoisotopic (exact) mass is 584 g/mol. The van der Waals surface area contributed by atoms with Crippen LogP contribution in [0.4, 0.5) is 0 Å². The Bertz CT molecular complexity index is 1320. The van der Waals surface area contributed by atoms with Crippen molar-refractivity contribution < 1.29 is 17.9 Å². The summed E-state index contributed by atoms with van der Waals surface area (Å²) in [6, 6.07) is 30.3. The fourth-order valence-electron chi connectivity index (χ4n) is 3.05. The van der Waals surface area contributed by atoms with Gasteiger partial charge in [-0.3, -0.25) is 0 Å². The summed E-state index contributed by atoms with van der Waals surface area (Å²) in [7, 11) is -3.85. The predicted molar refractivity (Wildman–Crippen MR) is 133 cm³/mol. The summed E-state index contributed by atoms with van der Waals surface area (Å²) in [5, 5.41) is 0. The molecule has 0 spiro atoms. The van der Waals surface area contributed by atoms with Crippen molar-refractivity contribution in [2.45, 2.75) is 23.0 Å². The van der Waals surface area contributed by atoms with Crippen molar-refractivity contribution in [3.63, 3.8) is 0 Å². The Balaban J connectivity index is 1.69. The van der Waals surface area contributed by atoms with E-state index in [4.69, 9.17) is 9.47 Å². The topological polar surface area (TPSA) is 52.6 Å². The number of sulfone groups is 1. The molecule has 0 saturated carbocycles. The first kappa shape index (κ1) is 23.5. The van der Waals surface area contributed by atoms with Crippen molar-refractivity contribution in [3.8, 4) is 11.5 Å². The van der Waals surface area contributed by atoms with Gasteiger partial charge in [-0.15, -0.1) is 0 Å². The molecule has 2 radical (unpaired) electrons. The fraction of sp³-hybridized carbons (Fsp3) is 0.0769. The number of benzene rings is 4. The minimum absolute atomic E-state index is 0.0235. The smallest absolute Gasteiger partial charge is 0.210 e. The first-order valence-electron chi connectivity index (χ1n) is 9.94. The highest BCUT2D eigenvalue weighted by Crippen LogP contribution is 2.38. The second kappa shape index (κ2) is 10.5. The molecule has 0 N–H and O–H groups in total. The zero-order valence-corrected chi connectivity index (χ0v) is 21.3. The Hall–Kier alpha value is -2.61. The van der Waals surface area contributed by atoms with Gasteiger partial charge in [0.15, 0.2) is 11.5 Å². The molecule has 4 rings (SSSR count). The van der Waals surface area contributed by atoms with E-state index in [9.17, 15) is 8.42 Å². The average Bonchev–Trinajstić information content (AvgIpc) is 2.84. The van der Waals surface area contributed by atoms with Crippen LogP contribution in [0.15, 0.2) is 104 Å². The highest BCUT2D eigenvalue weighted by Gasteiger charge is 2.25. The standard InChI is InChI=1S/C26H18Br2O4S/c27-21-13-9-19(10-14-21)17-31-24-7-4-8-25(33(29,30)23-5-2-1-3-6-23)26(24)32-18-20-11-15-22(28)16-12-20/h2-6,8-16H,17-18H2. The number of hydrogen-bond acceptors (Lipinski definition) is 4. The third kappa shape index (κ3) is 5.85. The van der Waals surface area contributed by atoms with Gasteiger partial charge in [0, 0.05) is 15.0 Å². The van der Waals surface area contributed by atoms with Crippen molar-refractivity contribution in [2.75, 3.05) is 0 Å². The molecular formula is C26H18Br2O4S. The van der Waals surface area contributed by atoms with Gasteiger partial charge in [-0.1, -0.05) is 68.3 Å². The van der Waals surface area contributed by atoms with Crippen molar-refractivity contribution >= 4 is 41.7 Å². The van der Waals surface area contributed by atoms with Gasteiger partial charge in [-0.25, -0.2) is 8.42 Å². The lowest BCUT2D eigenvalue weighted by molar-refractivity contribution is 0.249. The number of hydrogen-bond donors (Lipinski definition) is 0. The summed E-state index contributed by atoms with van der Waals surface area (Å²) >= 11 is 6.83. The SMILES string of the molecule is O=S(=O)(c1cc[c]cc1)c1cc[c]c(OCc2ccc(Br)cc2)c1OCc1ccc(Br)cc1. The Kier molecular flexibility index (Phi) is 7.53. The maximum Gasteiger partial charge on any atom is 0.210 e. The number of ether oxygens (including phenoxy) is 2. The summed E-state index contributed by atoms with van der Waals surface area (Å²) in [5.41, 5.74) is 1.82. The lowest BCUT2D eigenvalue weighted by Gasteiger charge is -2.17. The maximum absolute atomic E-state index is 13.4. The van der Waals surface area contributed by atoms with E-state index in [1.165, 1.54) is 24.3 Å². The highest BCUT2D eigenvalue weighted by atomic mass is 79.9. The molecule has 0 aliphatic heterocycles. The summed E-state index contributed by atoms with van der Waals surface area (Å²) in [4.78, 5) is 0.176. The molecule has 0 unspecified atom stereocenters. The molecule has 0 aromatic heterocycles. The van der Waals surface area contributed by atoms with Gasteiger partial charge in [-0.2, -0.15) is 0 Å². The van der Waals surface area contributed by atoms with Crippen LogP contribution in [0.5, 0.6) is 11.5 Å².